The lowest BCUT2D eigenvalue weighted by Crippen LogP contribution is -2.42. The third-order valence-electron chi connectivity index (χ3n) is 4.40. The maximum absolute atomic E-state index is 12.7. The Bertz CT molecular complexity index is 597. The fraction of sp³-hybridized carbons (Fsp3) is 0.667. The molecule has 0 aromatic carbocycles. The highest BCUT2D eigenvalue weighted by Crippen LogP contribution is 2.25. The SMILES string of the molecule is C[C@@H]1CCCCN1S(=O)(=O)c1ccc(N2CCOCC2)nc1. The lowest BCUT2D eigenvalue weighted by molar-refractivity contribution is 0.122. The number of nitrogens with zero attached hydrogens (tertiary/aromatic N) is 3. The summed E-state index contributed by atoms with van der Waals surface area (Å²) in [5.74, 6) is 0.814. The highest BCUT2D eigenvalue weighted by molar-refractivity contribution is 7.89. The molecule has 1 atom stereocenters. The number of piperidine rings is 1. The van der Waals surface area contributed by atoms with Gasteiger partial charge in [0.25, 0.3) is 0 Å². The van der Waals surface area contributed by atoms with Gasteiger partial charge in [0.1, 0.15) is 10.7 Å². The molecule has 3 heterocycles. The number of pyridine rings is 1. The quantitative estimate of drug-likeness (QED) is 0.842. The van der Waals surface area contributed by atoms with Crippen LogP contribution in [0.15, 0.2) is 23.2 Å². The average Bonchev–Trinajstić information content (AvgIpc) is 2.56. The van der Waals surface area contributed by atoms with Gasteiger partial charge in [-0.1, -0.05) is 6.42 Å². The van der Waals surface area contributed by atoms with Crippen LogP contribution in [0, 0.1) is 0 Å². The van der Waals surface area contributed by atoms with E-state index in [1.54, 1.807) is 16.4 Å². The number of hydrogen-bond donors (Lipinski definition) is 0. The molecule has 6 nitrogen and oxygen atoms in total. The lowest BCUT2D eigenvalue weighted by atomic mass is 10.1. The predicted octanol–water partition coefficient (Wildman–Crippen LogP) is 1.48. The summed E-state index contributed by atoms with van der Waals surface area (Å²) in [6.45, 7) is 5.55. The van der Waals surface area contributed by atoms with Crippen molar-refractivity contribution < 1.29 is 13.2 Å². The zero-order valence-electron chi connectivity index (χ0n) is 12.9. The summed E-state index contributed by atoms with van der Waals surface area (Å²) >= 11 is 0. The summed E-state index contributed by atoms with van der Waals surface area (Å²) in [4.78, 5) is 6.76. The number of anilines is 1. The van der Waals surface area contributed by atoms with Gasteiger partial charge in [0.15, 0.2) is 0 Å². The summed E-state index contributed by atoms with van der Waals surface area (Å²) in [7, 11) is -3.43. The molecule has 2 fully saturated rings. The topological polar surface area (TPSA) is 62.7 Å². The van der Waals surface area contributed by atoms with Crippen molar-refractivity contribution in [2.24, 2.45) is 0 Å². The van der Waals surface area contributed by atoms with Gasteiger partial charge in [-0.25, -0.2) is 13.4 Å². The fourth-order valence-corrected chi connectivity index (χ4v) is 4.71. The van der Waals surface area contributed by atoms with Crippen molar-refractivity contribution in [3.8, 4) is 0 Å². The Labute approximate surface area is 132 Å². The van der Waals surface area contributed by atoms with E-state index in [0.29, 0.717) is 24.7 Å². The second kappa shape index (κ2) is 6.52. The van der Waals surface area contributed by atoms with Crippen molar-refractivity contribution in [2.45, 2.75) is 37.1 Å². The second-order valence-electron chi connectivity index (χ2n) is 5.91. The number of ether oxygens (including phenoxy) is 1. The first kappa shape index (κ1) is 15.7. The Morgan fingerprint density at radius 3 is 2.59 bits per heavy atom. The summed E-state index contributed by atoms with van der Waals surface area (Å²) in [5.41, 5.74) is 0. The predicted molar refractivity (Wildman–Crippen MR) is 84.5 cm³/mol. The largest absolute Gasteiger partial charge is 0.378 e. The van der Waals surface area contributed by atoms with E-state index in [9.17, 15) is 8.42 Å². The molecule has 0 aliphatic carbocycles. The Kier molecular flexibility index (Phi) is 4.65. The normalized spacial score (nSPS) is 24.4. The van der Waals surface area contributed by atoms with E-state index >= 15 is 0 Å². The molecule has 0 amide bonds. The van der Waals surface area contributed by atoms with Crippen molar-refractivity contribution in [2.75, 3.05) is 37.7 Å². The summed E-state index contributed by atoms with van der Waals surface area (Å²) in [6, 6.07) is 3.54. The standard InChI is InChI=1S/C15H23N3O3S/c1-13-4-2-3-7-18(13)22(19,20)14-5-6-15(16-12-14)17-8-10-21-11-9-17/h5-6,12-13H,2-4,7-11H2,1H3/t13-/m1/s1. The number of sulfonamides is 1. The van der Waals surface area contributed by atoms with Gasteiger partial charge in [0, 0.05) is 31.9 Å². The maximum atomic E-state index is 12.7. The Hall–Kier alpha value is -1.18. The van der Waals surface area contributed by atoms with Crippen molar-refractivity contribution >= 4 is 15.8 Å². The van der Waals surface area contributed by atoms with Crippen molar-refractivity contribution in [3.05, 3.63) is 18.3 Å². The van der Waals surface area contributed by atoms with E-state index in [0.717, 1.165) is 38.2 Å². The minimum absolute atomic E-state index is 0.0673. The van der Waals surface area contributed by atoms with Crippen LogP contribution in [0.4, 0.5) is 5.82 Å². The van der Waals surface area contributed by atoms with Crippen LogP contribution in [0.3, 0.4) is 0 Å². The fourth-order valence-electron chi connectivity index (χ4n) is 3.07. The Morgan fingerprint density at radius 2 is 1.95 bits per heavy atom. The first-order chi connectivity index (χ1) is 10.6. The first-order valence-electron chi connectivity index (χ1n) is 7.89. The summed E-state index contributed by atoms with van der Waals surface area (Å²) < 4.78 is 32.4. The third kappa shape index (κ3) is 3.11. The van der Waals surface area contributed by atoms with Crippen LogP contribution in [0.25, 0.3) is 0 Å². The molecule has 3 rings (SSSR count). The van der Waals surface area contributed by atoms with Gasteiger partial charge in [-0.05, 0) is 31.9 Å². The molecule has 22 heavy (non-hydrogen) atoms. The van der Waals surface area contributed by atoms with Gasteiger partial charge < -0.3 is 9.64 Å². The lowest BCUT2D eigenvalue weighted by Gasteiger charge is -2.32. The van der Waals surface area contributed by atoms with Gasteiger partial charge in [0.05, 0.1) is 13.2 Å². The van der Waals surface area contributed by atoms with Gasteiger partial charge in [-0.3, -0.25) is 0 Å². The molecule has 2 aliphatic rings. The molecule has 0 radical (unpaired) electrons. The van der Waals surface area contributed by atoms with E-state index in [1.165, 1.54) is 6.20 Å². The molecule has 7 heteroatoms. The van der Waals surface area contributed by atoms with Crippen molar-refractivity contribution in [3.63, 3.8) is 0 Å². The van der Waals surface area contributed by atoms with Crippen LogP contribution >= 0.6 is 0 Å². The maximum Gasteiger partial charge on any atom is 0.244 e. The molecule has 122 valence electrons. The van der Waals surface area contributed by atoms with Crippen LogP contribution in [-0.4, -0.2) is 56.6 Å². The molecule has 1 aromatic heterocycles. The van der Waals surface area contributed by atoms with Crippen molar-refractivity contribution in [1.29, 1.82) is 0 Å². The highest BCUT2D eigenvalue weighted by atomic mass is 32.2. The molecule has 2 aliphatic heterocycles. The van der Waals surface area contributed by atoms with E-state index in [-0.39, 0.29) is 6.04 Å². The van der Waals surface area contributed by atoms with Crippen molar-refractivity contribution in [1.82, 2.24) is 9.29 Å². The molecule has 0 spiro atoms. The Balaban J connectivity index is 1.79. The van der Waals surface area contributed by atoms with Gasteiger partial charge >= 0.3 is 0 Å². The smallest absolute Gasteiger partial charge is 0.244 e. The molecule has 0 N–H and O–H groups in total. The molecule has 0 unspecified atom stereocenters. The number of rotatable bonds is 3. The molecule has 1 aromatic rings. The average molecular weight is 325 g/mol. The summed E-state index contributed by atoms with van der Waals surface area (Å²) in [6.07, 6.45) is 4.45. The Morgan fingerprint density at radius 1 is 1.18 bits per heavy atom. The van der Waals surface area contributed by atoms with E-state index < -0.39 is 10.0 Å². The second-order valence-corrected chi connectivity index (χ2v) is 7.80. The van der Waals surface area contributed by atoms with Crippen LogP contribution in [0.2, 0.25) is 0 Å². The zero-order chi connectivity index (χ0) is 15.6. The van der Waals surface area contributed by atoms with Crippen LogP contribution in [-0.2, 0) is 14.8 Å². The monoisotopic (exact) mass is 325 g/mol. The number of aromatic nitrogens is 1. The molecular weight excluding hydrogens is 302 g/mol. The van der Waals surface area contributed by atoms with Gasteiger partial charge in [-0.15, -0.1) is 0 Å². The van der Waals surface area contributed by atoms with Crippen LogP contribution in [0.1, 0.15) is 26.2 Å². The molecule has 2 saturated heterocycles. The number of morpholine rings is 1. The van der Waals surface area contributed by atoms with Crippen LogP contribution in [0.5, 0.6) is 0 Å². The summed E-state index contributed by atoms with van der Waals surface area (Å²) in [5, 5.41) is 0. The van der Waals surface area contributed by atoms with Gasteiger partial charge in [-0.2, -0.15) is 4.31 Å². The van der Waals surface area contributed by atoms with Gasteiger partial charge in [0.2, 0.25) is 10.0 Å². The number of hydrogen-bond acceptors (Lipinski definition) is 5. The van der Waals surface area contributed by atoms with E-state index in [4.69, 9.17) is 4.74 Å². The molecule has 0 bridgehead atoms. The van der Waals surface area contributed by atoms with Crippen LogP contribution < -0.4 is 4.90 Å². The minimum Gasteiger partial charge on any atom is -0.378 e. The highest BCUT2D eigenvalue weighted by Gasteiger charge is 2.31. The van der Waals surface area contributed by atoms with E-state index in [2.05, 4.69) is 9.88 Å². The zero-order valence-corrected chi connectivity index (χ0v) is 13.8. The third-order valence-corrected chi connectivity index (χ3v) is 6.40. The minimum atomic E-state index is -3.43. The molecular formula is C15H23N3O3S. The first-order valence-corrected chi connectivity index (χ1v) is 9.33. The van der Waals surface area contributed by atoms with E-state index in [1.807, 2.05) is 6.92 Å². The molecule has 0 saturated carbocycles.